The molecule has 3 aromatic rings. The van der Waals surface area contributed by atoms with Crippen molar-refractivity contribution in [1.82, 2.24) is 19.9 Å². The molecular weight excluding hydrogens is 383 g/mol. The van der Waals surface area contributed by atoms with Crippen LogP contribution in [0.1, 0.15) is 30.1 Å². The van der Waals surface area contributed by atoms with E-state index in [0.717, 1.165) is 25.0 Å². The Morgan fingerprint density at radius 2 is 1.68 bits per heavy atom. The van der Waals surface area contributed by atoms with Crippen molar-refractivity contribution in [3.63, 3.8) is 0 Å². The van der Waals surface area contributed by atoms with E-state index in [1.165, 1.54) is 0 Å². The van der Waals surface area contributed by atoms with Crippen molar-refractivity contribution in [3.8, 4) is 11.4 Å². The molecule has 2 aromatic heterocycles. The lowest BCUT2D eigenvalue weighted by atomic mass is 10.1. The van der Waals surface area contributed by atoms with E-state index in [1.54, 1.807) is 0 Å². The number of nitrogens with one attached hydrogen (secondary N) is 1. The van der Waals surface area contributed by atoms with Gasteiger partial charge in [0.2, 0.25) is 5.95 Å². The molecule has 130 valence electrons. The van der Waals surface area contributed by atoms with Crippen LogP contribution in [0.4, 0.5) is 17.6 Å². The first-order chi connectivity index (χ1) is 11.7. The summed E-state index contributed by atoms with van der Waals surface area (Å²) in [6.45, 7) is 0. The van der Waals surface area contributed by atoms with E-state index in [-0.39, 0.29) is 38.5 Å². The molecule has 4 nitrogen and oxygen atoms in total. The highest BCUT2D eigenvalue weighted by Crippen LogP contribution is 2.41. The summed E-state index contributed by atoms with van der Waals surface area (Å²) >= 11 is 11.9. The number of nitrogens with zero attached hydrogens (tertiary/aromatic N) is 3. The molecule has 0 unspecified atom stereocenters. The van der Waals surface area contributed by atoms with Crippen LogP contribution in [0.25, 0.3) is 22.6 Å². The van der Waals surface area contributed by atoms with Gasteiger partial charge in [0.15, 0.2) is 5.65 Å². The summed E-state index contributed by atoms with van der Waals surface area (Å²) in [6.07, 6.45) is -2.81. The Balaban J connectivity index is 1.86. The number of alkyl halides is 3. The molecule has 1 saturated carbocycles. The largest absolute Gasteiger partial charge is 0.416 e. The molecule has 1 aliphatic rings. The van der Waals surface area contributed by atoms with Gasteiger partial charge in [-0.3, -0.25) is 0 Å². The van der Waals surface area contributed by atoms with Gasteiger partial charge in [-0.25, -0.2) is 15.0 Å². The van der Waals surface area contributed by atoms with Crippen LogP contribution in [-0.2, 0) is 6.18 Å². The summed E-state index contributed by atoms with van der Waals surface area (Å²) in [5, 5.41) is -0.510. The minimum atomic E-state index is -4.59. The third-order valence-corrected chi connectivity index (χ3v) is 4.47. The third kappa shape index (κ3) is 2.93. The van der Waals surface area contributed by atoms with Crippen molar-refractivity contribution < 1.29 is 17.6 Å². The van der Waals surface area contributed by atoms with E-state index in [4.69, 9.17) is 23.2 Å². The van der Waals surface area contributed by atoms with Crippen molar-refractivity contribution >= 4 is 34.4 Å². The molecule has 2 heterocycles. The van der Waals surface area contributed by atoms with Crippen LogP contribution in [0.2, 0.25) is 10.0 Å². The average Bonchev–Trinajstić information content (AvgIpc) is 3.26. The maximum Gasteiger partial charge on any atom is 0.416 e. The van der Waals surface area contributed by atoms with E-state index in [0.29, 0.717) is 5.82 Å². The molecule has 0 radical (unpaired) electrons. The van der Waals surface area contributed by atoms with Crippen LogP contribution in [0.15, 0.2) is 12.1 Å². The van der Waals surface area contributed by atoms with Gasteiger partial charge in [-0.2, -0.15) is 17.6 Å². The van der Waals surface area contributed by atoms with Crippen molar-refractivity contribution in [2.24, 2.45) is 0 Å². The first kappa shape index (κ1) is 16.5. The molecule has 1 N–H and O–H groups in total. The van der Waals surface area contributed by atoms with Gasteiger partial charge in [-0.1, -0.05) is 23.2 Å². The fraction of sp³-hybridized carbons (Fsp3) is 0.267. The minimum absolute atomic E-state index is 0.0277. The molecular formula is C15H8Cl2F4N4. The Kier molecular flexibility index (Phi) is 3.66. The summed E-state index contributed by atoms with van der Waals surface area (Å²) in [5.74, 6) is -0.255. The monoisotopic (exact) mass is 390 g/mol. The van der Waals surface area contributed by atoms with E-state index in [1.807, 2.05) is 0 Å². The molecule has 0 aliphatic heterocycles. The highest BCUT2D eigenvalue weighted by Gasteiger charge is 2.33. The minimum Gasteiger partial charge on any atom is -0.333 e. The fourth-order valence-electron chi connectivity index (χ4n) is 2.48. The first-order valence-corrected chi connectivity index (χ1v) is 7.99. The second kappa shape index (κ2) is 5.54. The van der Waals surface area contributed by atoms with Gasteiger partial charge in [0.1, 0.15) is 17.2 Å². The summed E-state index contributed by atoms with van der Waals surface area (Å²) in [7, 11) is 0. The van der Waals surface area contributed by atoms with Gasteiger partial charge >= 0.3 is 6.18 Å². The summed E-state index contributed by atoms with van der Waals surface area (Å²) in [5.41, 5.74) is -0.908. The lowest BCUT2D eigenvalue weighted by Crippen LogP contribution is -2.05. The highest BCUT2D eigenvalue weighted by molar-refractivity contribution is 6.39. The van der Waals surface area contributed by atoms with Crippen LogP contribution < -0.4 is 0 Å². The molecule has 0 saturated heterocycles. The number of aromatic amines is 1. The van der Waals surface area contributed by atoms with Crippen molar-refractivity contribution in [1.29, 1.82) is 0 Å². The molecule has 1 fully saturated rings. The first-order valence-electron chi connectivity index (χ1n) is 7.24. The Labute approximate surface area is 148 Å². The zero-order chi connectivity index (χ0) is 17.9. The van der Waals surface area contributed by atoms with Crippen molar-refractivity contribution in [3.05, 3.63) is 39.5 Å². The van der Waals surface area contributed by atoms with Crippen LogP contribution in [0.5, 0.6) is 0 Å². The quantitative estimate of drug-likeness (QED) is 0.473. The van der Waals surface area contributed by atoms with E-state index in [9.17, 15) is 17.6 Å². The van der Waals surface area contributed by atoms with Crippen LogP contribution in [0, 0.1) is 5.95 Å². The number of hydrogen-bond acceptors (Lipinski definition) is 3. The van der Waals surface area contributed by atoms with Gasteiger partial charge < -0.3 is 4.98 Å². The summed E-state index contributed by atoms with van der Waals surface area (Å²) < 4.78 is 52.6. The van der Waals surface area contributed by atoms with E-state index < -0.39 is 17.7 Å². The van der Waals surface area contributed by atoms with Gasteiger partial charge in [0.05, 0.1) is 21.2 Å². The number of hydrogen-bond donors (Lipinski definition) is 1. The molecule has 0 spiro atoms. The topological polar surface area (TPSA) is 54.5 Å². The summed E-state index contributed by atoms with van der Waals surface area (Å²) in [6, 6.07) is 1.49. The molecule has 0 bridgehead atoms. The van der Waals surface area contributed by atoms with Gasteiger partial charge in [0.25, 0.3) is 0 Å². The van der Waals surface area contributed by atoms with Crippen LogP contribution in [0.3, 0.4) is 0 Å². The number of imidazole rings is 1. The molecule has 25 heavy (non-hydrogen) atoms. The number of aromatic nitrogens is 4. The predicted octanol–water partition coefficient (Wildman–Crippen LogP) is 5.36. The molecule has 0 amide bonds. The van der Waals surface area contributed by atoms with Gasteiger partial charge in [-0.15, -0.1) is 0 Å². The SMILES string of the molecule is Fc1nc(C2CC2)nc2nc(-c3c(Cl)cc(C(F)(F)F)cc3Cl)[nH]c12. The Bertz CT molecular complexity index is 972. The maximum atomic E-state index is 14.1. The van der Waals surface area contributed by atoms with Crippen LogP contribution in [-0.4, -0.2) is 19.9 Å². The molecule has 4 rings (SSSR count). The molecule has 10 heteroatoms. The average molecular weight is 391 g/mol. The van der Waals surface area contributed by atoms with Gasteiger partial charge in [0, 0.05) is 5.92 Å². The second-order valence-electron chi connectivity index (χ2n) is 5.74. The lowest BCUT2D eigenvalue weighted by Gasteiger charge is -2.10. The zero-order valence-electron chi connectivity index (χ0n) is 12.3. The number of rotatable bonds is 2. The number of halogens is 6. The fourth-order valence-corrected chi connectivity index (χ4v) is 3.15. The highest BCUT2D eigenvalue weighted by atomic mass is 35.5. The Hall–Kier alpha value is -1.93. The third-order valence-electron chi connectivity index (χ3n) is 3.87. The Morgan fingerprint density at radius 3 is 2.24 bits per heavy atom. The standard InChI is InChI=1S/C15H8Cl2F4N4/c16-7-3-6(15(19,20)21)4-8(17)9(7)13-22-10-11(18)23-12(5-1-2-5)24-14(10)25-13/h3-5H,1-2H2,(H,22,23,24,25). The molecule has 0 atom stereocenters. The van der Waals surface area contributed by atoms with Crippen molar-refractivity contribution in [2.45, 2.75) is 24.9 Å². The molecule has 1 aliphatic carbocycles. The summed E-state index contributed by atoms with van der Waals surface area (Å²) in [4.78, 5) is 14.8. The normalized spacial score (nSPS) is 15.1. The maximum absolute atomic E-state index is 14.1. The van der Waals surface area contributed by atoms with E-state index >= 15 is 0 Å². The van der Waals surface area contributed by atoms with Crippen LogP contribution >= 0.6 is 23.2 Å². The number of benzene rings is 1. The van der Waals surface area contributed by atoms with Crippen molar-refractivity contribution in [2.75, 3.05) is 0 Å². The molecule has 1 aromatic carbocycles. The predicted molar refractivity (Wildman–Crippen MR) is 84.1 cm³/mol. The lowest BCUT2D eigenvalue weighted by molar-refractivity contribution is -0.137. The second-order valence-corrected chi connectivity index (χ2v) is 6.56. The zero-order valence-corrected chi connectivity index (χ0v) is 13.8. The van der Waals surface area contributed by atoms with Gasteiger partial charge in [-0.05, 0) is 25.0 Å². The smallest absolute Gasteiger partial charge is 0.333 e. The van der Waals surface area contributed by atoms with E-state index in [2.05, 4.69) is 19.9 Å². The number of H-pyrrole nitrogens is 1. The Morgan fingerprint density at radius 1 is 1.04 bits per heavy atom. The number of fused-ring (bicyclic) bond motifs is 1.